The number of allylic oxidation sites excluding steroid dienone is 2. The minimum absolute atomic E-state index is 0.259. The van der Waals surface area contributed by atoms with Crippen LogP contribution in [-0.2, 0) is 14.3 Å². The van der Waals surface area contributed by atoms with E-state index in [4.69, 9.17) is 14.9 Å². The van der Waals surface area contributed by atoms with Gasteiger partial charge in [-0.05, 0) is 18.7 Å². The number of carboxylic acids is 2. The summed E-state index contributed by atoms with van der Waals surface area (Å²) >= 11 is 0. The molecule has 0 aromatic carbocycles. The van der Waals surface area contributed by atoms with Gasteiger partial charge in [-0.2, -0.15) is 0 Å². The minimum atomic E-state index is -1.42. The third kappa shape index (κ3) is 2.48. The van der Waals surface area contributed by atoms with Gasteiger partial charge < -0.3 is 20.1 Å². The molecule has 6 heteroatoms. The van der Waals surface area contributed by atoms with Gasteiger partial charge in [0.25, 0.3) is 0 Å². The molecule has 86 valence electrons. The van der Waals surface area contributed by atoms with Crippen molar-refractivity contribution in [3.8, 4) is 0 Å². The molecule has 2 atom stereocenters. The first-order valence-electron chi connectivity index (χ1n) is 4.32. The number of ether oxygens (including phenoxy) is 1. The van der Waals surface area contributed by atoms with Crippen molar-refractivity contribution in [2.24, 2.45) is 0 Å². The molecule has 0 spiro atoms. The van der Waals surface area contributed by atoms with E-state index in [0.717, 1.165) is 0 Å². The molecule has 0 amide bonds. The predicted octanol–water partition coefficient (Wildman–Crippen LogP) is -0.0884. The van der Waals surface area contributed by atoms with Crippen LogP contribution in [0.1, 0.15) is 0 Å². The molecule has 0 radical (unpaired) electrons. The van der Waals surface area contributed by atoms with E-state index in [2.05, 4.69) is 6.58 Å². The average molecular weight is 226 g/mol. The number of carboxylic acid groups (broad SMARTS) is 2. The van der Waals surface area contributed by atoms with Gasteiger partial charge in [0.1, 0.15) is 12.2 Å². The number of hydrogen-bond acceptors (Lipinski definition) is 4. The summed E-state index contributed by atoms with van der Waals surface area (Å²) < 4.78 is 4.81. The van der Waals surface area contributed by atoms with Crippen LogP contribution in [0, 0.1) is 0 Å². The highest BCUT2D eigenvalue weighted by atomic mass is 16.5. The van der Waals surface area contributed by atoms with Gasteiger partial charge in [0, 0.05) is 0 Å². The molecule has 0 unspecified atom stereocenters. The van der Waals surface area contributed by atoms with Crippen LogP contribution in [0.4, 0.5) is 0 Å². The van der Waals surface area contributed by atoms with Gasteiger partial charge in [0.2, 0.25) is 0 Å². The second-order valence-corrected chi connectivity index (χ2v) is 3.07. The monoisotopic (exact) mass is 226 g/mol. The number of rotatable bonds is 4. The lowest BCUT2D eigenvalue weighted by atomic mass is 9.99. The maximum Gasteiger partial charge on any atom is 0.370 e. The fraction of sp³-hybridized carbons (Fsp3) is 0.200. The number of hydrogen-bond donors (Lipinski definition) is 3. The molecule has 1 aliphatic carbocycles. The molecule has 1 aliphatic rings. The second kappa shape index (κ2) is 4.63. The van der Waals surface area contributed by atoms with Crippen molar-refractivity contribution in [2.45, 2.75) is 12.2 Å². The Labute approximate surface area is 90.8 Å². The van der Waals surface area contributed by atoms with Crippen LogP contribution in [0.2, 0.25) is 0 Å². The van der Waals surface area contributed by atoms with E-state index in [1.165, 1.54) is 18.2 Å². The SMILES string of the molecule is C=C(O[C@H]1C=CC=C(C(=O)O)[C@H]1O)C(=O)O. The largest absolute Gasteiger partial charge is 0.478 e. The van der Waals surface area contributed by atoms with Crippen LogP contribution >= 0.6 is 0 Å². The minimum Gasteiger partial charge on any atom is -0.478 e. The molecule has 0 saturated carbocycles. The van der Waals surface area contributed by atoms with Crippen LogP contribution in [-0.4, -0.2) is 39.5 Å². The molecule has 0 aromatic heterocycles. The topological polar surface area (TPSA) is 104 Å². The van der Waals surface area contributed by atoms with Gasteiger partial charge in [0.05, 0.1) is 5.57 Å². The van der Waals surface area contributed by atoms with E-state index in [0.29, 0.717) is 0 Å². The Balaban J connectivity index is 2.76. The van der Waals surface area contributed by atoms with Crippen molar-refractivity contribution in [2.75, 3.05) is 0 Å². The molecular weight excluding hydrogens is 216 g/mol. The molecule has 0 bridgehead atoms. The molecule has 3 N–H and O–H groups in total. The summed E-state index contributed by atoms with van der Waals surface area (Å²) in [4.78, 5) is 21.1. The van der Waals surface area contributed by atoms with Crippen LogP contribution in [0.3, 0.4) is 0 Å². The molecule has 0 saturated heterocycles. The lowest BCUT2D eigenvalue weighted by Crippen LogP contribution is -2.34. The van der Waals surface area contributed by atoms with E-state index in [1.54, 1.807) is 0 Å². The van der Waals surface area contributed by atoms with Crippen LogP contribution in [0.15, 0.2) is 36.1 Å². The summed E-state index contributed by atoms with van der Waals surface area (Å²) in [6, 6.07) is 0. The highest BCUT2D eigenvalue weighted by Crippen LogP contribution is 2.18. The zero-order valence-electron chi connectivity index (χ0n) is 8.16. The lowest BCUT2D eigenvalue weighted by molar-refractivity contribution is -0.138. The van der Waals surface area contributed by atoms with E-state index < -0.39 is 29.9 Å². The maximum atomic E-state index is 10.7. The van der Waals surface area contributed by atoms with E-state index in [9.17, 15) is 14.7 Å². The van der Waals surface area contributed by atoms with E-state index in [1.807, 2.05) is 0 Å². The van der Waals surface area contributed by atoms with E-state index >= 15 is 0 Å². The molecule has 6 nitrogen and oxygen atoms in total. The fourth-order valence-electron chi connectivity index (χ4n) is 1.17. The zero-order valence-corrected chi connectivity index (χ0v) is 8.16. The molecule has 0 aliphatic heterocycles. The van der Waals surface area contributed by atoms with Crippen molar-refractivity contribution in [1.29, 1.82) is 0 Å². The smallest absolute Gasteiger partial charge is 0.370 e. The van der Waals surface area contributed by atoms with Crippen LogP contribution in [0.5, 0.6) is 0 Å². The Bertz CT molecular complexity index is 392. The first-order valence-corrected chi connectivity index (χ1v) is 4.32. The Morgan fingerprint density at radius 1 is 1.38 bits per heavy atom. The maximum absolute atomic E-state index is 10.7. The first-order chi connectivity index (χ1) is 7.43. The van der Waals surface area contributed by atoms with Crippen LogP contribution < -0.4 is 0 Å². The summed E-state index contributed by atoms with van der Waals surface area (Å²) in [5.41, 5.74) is -0.259. The standard InChI is InChI=1S/C10H10O6/c1-5(9(12)13)16-7-4-2-3-6(8(7)11)10(14)15/h2-4,7-8,11H,1H2,(H,12,13)(H,14,15)/t7-,8+/m0/s1. The fourth-order valence-corrected chi connectivity index (χ4v) is 1.17. The highest BCUT2D eigenvalue weighted by molar-refractivity contribution is 5.89. The normalized spacial score (nSPS) is 23.4. The molecule has 1 rings (SSSR count). The molecule has 0 fully saturated rings. The average Bonchev–Trinajstić information content (AvgIpc) is 2.20. The summed E-state index contributed by atoms with van der Waals surface area (Å²) in [6.07, 6.45) is 1.47. The zero-order chi connectivity index (χ0) is 12.3. The molecular formula is C10H10O6. The first kappa shape index (κ1) is 12.0. The van der Waals surface area contributed by atoms with Gasteiger partial charge in [-0.3, -0.25) is 0 Å². The van der Waals surface area contributed by atoms with Gasteiger partial charge in [-0.15, -0.1) is 0 Å². The lowest BCUT2D eigenvalue weighted by Gasteiger charge is -2.23. The number of aliphatic hydroxyl groups is 1. The van der Waals surface area contributed by atoms with Crippen molar-refractivity contribution in [1.82, 2.24) is 0 Å². The summed E-state index contributed by atoms with van der Waals surface area (Å²) in [5, 5.41) is 26.8. The van der Waals surface area contributed by atoms with Gasteiger partial charge in [-0.25, -0.2) is 9.59 Å². The Morgan fingerprint density at radius 3 is 2.50 bits per heavy atom. The molecule has 16 heavy (non-hydrogen) atoms. The predicted molar refractivity (Wildman–Crippen MR) is 52.5 cm³/mol. The Kier molecular flexibility index (Phi) is 3.47. The molecule has 0 heterocycles. The number of aliphatic carboxylic acids is 2. The quantitative estimate of drug-likeness (QED) is 0.457. The van der Waals surface area contributed by atoms with Crippen LogP contribution in [0.25, 0.3) is 0 Å². The Morgan fingerprint density at radius 2 is 2.00 bits per heavy atom. The Hall–Kier alpha value is -2.08. The summed E-state index contributed by atoms with van der Waals surface area (Å²) in [5.74, 6) is -3.21. The van der Waals surface area contributed by atoms with Gasteiger partial charge in [-0.1, -0.05) is 6.08 Å². The number of aliphatic hydroxyl groups excluding tert-OH is 1. The van der Waals surface area contributed by atoms with Crippen molar-refractivity contribution < 1.29 is 29.6 Å². The highest BCUT2D eigenvalue weighted by Gasteiger charge is 2.29. The molecule has 0 aromatic rings. The second-order valence-electron chi connectivity index (χ2n) is 3.07. The summed E-state index contributed by atoms with van der Waals surface area (Å²) in [6.45, 7) is 3.12. The van der Waals surface area contributed by atoms with Crippen molar-refractivity contribution >= 4 is 11.9 Å². The number of carbonyl (C=O) groups is 2. The van der Waals surface area contributed by atoms with Gasteiger partial charge >= 0.3 is 11.9 Å². The third-order valence-corrected chi connectivity index (χ3v) is 1.97. The van der Waals surface area contributed by atoms with Crippen molar-refractivity contribution in [3.63, 3.8) is 0 Å². The van der Waals surface area contributed by atoms with E-state index in [-0.39, 0.29) is 5.57 Å². The van der Waals surface area contributed by atoms with Crippen molar-refractivity contribution in [3.05, 3.63) is 36.1 Å². The summed E-state index contributed by atoms with van der Waals surface area (Å²) in [7, 11) is 0. The third-order valence-electron chi connectivity index (χ3n) is 1.97. The van der Waals surface area contributed by atoms with Gasteiger partial charge in [0.15, 0.2) is 5.76 Å².